The molecule has 19 heavy (non-hydrogen) atoms. The van der Waals surface area contributed by atoms with E-state index >= 15 is 0 Å². The van der Waals surface area contributed by atoms with Crippen LogP contribution in [-0.2, 0) is 17.6 Å². The van der Waals surface area contributed by atoms with E-state index in [4.69, 9.17) is 0 Å². The Kier molecular flexibility index (Phi) is 5.40. The van der Waals surface area contributed by atoms with E-state index in [-0.39, 0.29) is 0 Å². The van der Waals surface area contributed by atoms with E-state index in [1.807, 2.05) is 4.90 Å². The summed E-state index contributed by atoms with van der Waals surface area (Å²) in [4.78, 5) is 14.0. The molecule has 0 aromatic heterocycles. The first-order valence-corrected chi connectivity index (χ1v) is 7.36. The van der Waals surface area contributed by atoms with Gasteiger partial charge in [0.15, 0.2) is 0 Å². The number of piperazine rings is 1. The molecular weight excluding hydrogens is 236 g/mol. The first kappa shape index (κ1) is 14.1. The van der Waals surface area contributed by atoms with Crippen molar-refractivity contribution in [3.8, 4) is 0 Å². The van der Waals surface area contributed by atoms with E-state index < -0.39 is 0 Å². The first-order valence-electron chi connectivity index (χ1n) is 7.36. The molecule has 1 aliphatic rings. The highest BCUT2D eigenvalue weighted by Gasteiger charge is 2.15. The molecule has 1 aromatic rings. The van der Waals surface area contributed by atoms with Gasteiger partial charge in [0.2, 0.25) is 5.91 Å². The zero-order valence-corrected chi connectivity index (χ0v) is 11.8. The summed E-state index contributed by atoms with van der Waals surface area (Å²) >= 11 is 0. The standard InChI is InChI=1S/C16H24N2O/c1-2-14-6-8-15(9-7-14)4-3-5-16(19)18-12-10-17-11-13-18/h6-9,17H,2-5,10-13H2,1H3. The molecule has 1 aromatic carbocycles. The van der Waals surface area contributed by atoms with Crippen LogP contribution < -0.4 is 5.32 Å². The number of nitrogens with zero attached hydrogens (tertiary/aromatic N) is 1. The predicted molar refractivity (Wildman–Crippen MR) is 78.2 cm³/mol. The number of carbonyl (C=O) groups excluding carboxylic acids is 1. The number of hydrogen-bond donors (Lipinski definition) is 1. The van der Waals surface area contributed by atoms with Crippen molar-refractivity contribution >= 4 is 5.91 Å². The van der Waals surface area contributed by atoms with Crippen LogP contribution in [0.25, 0.3) is 0 Å². The Hall–Kier alpha value is -1.35. The summed E-state index contributed by atoms with van der Waals surface area (Å²) in [6.45, 7) is 5.77. The number of aryl methyl sites for hydroxylation is 2. The fourth-order valence-electron chi connectivity index (χ4n) is 2.46. The maximum absolute atomic E-state index is 12.0. The Labute approximate surface area is 116 Å². The lowest BCUT2D eigenvalue weighted by atomic mass is 10.0. The van der Waals surface area contributed by atoms with E-state index in [1.165, 1.54) is 11.1 Å². The van der Waals surface area contributed by atoms with E-state index in [2.05, 4.69) is 36.5 Å². The Morgan fingerprint density at radius 2 is 1.79 bits per heavy atom. The van der Waals surface area contributed by atoms with Gasteiger partial charge in [-0.3, -0.25) is 4.79 Å². The maximum Gasteiger partial charge on any atom is 0.222 e. The second-order valence-electron chi connectivity index (χ2n) is 5.15. The average molecular weight is 260 g/mol. The van der Waals surface area contributed by atoms with Crippen LogP contribution in [0.4, 0.5) is 0 Å². The van der Waals surface area contributed by atoms with E-state index in [0.717, 1.165) is 45.4 Å². The van der Waals surface area contributed by atoms with Crippen LogP contribution in [0.2, 0.25) is 0 Å². The van der Waals surface area contributed by atoms with Crippen LogP contribution in [0.1, 0.15) is 30.9 Å². The first-order chi connectivity index (χ1) is 9.29. The molecule has 0 bridgehead atoms. The molecule has 0 saturated carbocycles. The van der Waals surface area contributed by atoms with Crippen molar-refractivity contribution in [2.24, 2.45) is 0 Å². The summed E-state index contributed by atoms with van der Waals surface area (Å²) in [5, 5.41) is 3.27. The summed E-state index contributed by atoms with van der Waals surface area (Å²) < 4.78 is 0. The Balaban J connectivity index is 1.71. The number of amides is 1. The maximum atomic E-state index is 12.0. The summed E-state index contributed by atoms with van der Waals surface area (Å²) in [6, 6.07) is 8.75. The van der Waals surface area contributed by atoms with Gasteiger partial charge in [-0.1, -0.05) is 31.2 Å². The van der Waals surface area contributed by atoms with Gasteiger partial charge in [0.1, 0.15) is 0 Å². The SMILES string of the molecule is CCc1ccc(CCCC(=O)N2CCNCC2)cc1. The van der Waals surface area contributed by atoms with Gasteiger partial charge in [-0.25, -0.2) is 0 Å². The van der Waals surface area contributed by atoms with Crippen molar-refractivity contribution in [1.82, 2.24) is 10.2 Å². The van der Waals surface area contributed by atoms with Gasteiger partial charge >= 0.3 is 0 Å². The minimum atomic E-state index is 0.312. The van der Waals surface area contributed by atoms with Crippen LogP contribution in [0.15, 0.2) is 24.3 Å². The lowest BCUT2D eigenvalue weighted by molar-refractivity contribution is -0.131. The zero-order valence-electron chi connectivity index (χ0n) is 11.8. The second kappa shape index (κ2) is 7.29. The molecule has 1 fully saturated rings. The average Bonchev–Trinajstić information content (AvgIpc) is 2.49. The highest BCUT2D eigenvalue weighted by atomic mass is 16.2. The third-order valence-corrected chi connectivity index (χ3v) is 3.76. The topological polar surface area (TPSA) is 32.3 Å². The molecule has 0 radical (unpaired) electrons. The van der Waals surface area contributed by atoms with Gasteiger partial charge in [-0.15, -0.1) is 0 Å². The van der Waals surface area contributed by atoms with Crippen molar-refractivity contribution < 1.29 is 4.79 Å². The Morgan fingerprint density at radius 1 is 1.16 bits per heavy atom. The quantitative estimate of drug-likeness (QED) is 0.878. The number of rotatable bonds is 5. The normalized spacial score (nSPS) is 15.5. The molecule has 1 saturated heterocycles. The van der Waals surface area contributed by atoms with Gasteiger partial charge in [0.25, 0.3) is 0 Å². The van der Waals surface area contributed by atoms with Crippen molar-refractivity contribution in [2.45, 2.75) is 32.6 Å². The van der Waals surface area contributed by atoms with Crippen LogP contribution in [0.5, 0.6) is 0 Å². The summed E-state index contributed by atoms with van der Waals surface area (Å²) in [7, 11) is 0. The number of nitrogens with one attached hydrogen (secondary N) is 1. The molecular formula is C16H24N2O. The number of carbonyl (C=O) groups is 1. The third kappa shape index (κ3) is 4.35. The van der Waals surface area contributed by atoms with Crippen LogP contribution in [-0.4, -0.2) is 37.0 Å². The van der Waals surface area contributed by atoms with Crippen molar-refractivity contribution in [2.75, 3.05) is 26.2 Å². The highest BCUT2D eigenvalue weighted by molar-refractivity contribution is 5.76. The Bertz CT molecular complexity index is 394. The van der Waals surface area contributed by atoms with Crippen molar-refractivity contribution in [3.63, 3.8) is 0 Å². The molecule has 3 nitrogen and oxygen atoms in total. The number of benzene rings is 1. The minimum Gasteiger partial charge on any atom is -0.340 e. The summed E-state index contributed by atoms with van der Waals surface area (Å²) in [5.41, 5.74) is 2.71. The van der Waals surface area contributed by atoms with Crippen LogP contribution in [0.3, 0.4) is 0 Å². The van der Waals surface area contributed by atoms with Crippen LogP contribution >= 0.6 is 0 Å². The van der Waals surface area contributed by atoms with Gasteiger partial charge in [-0.05, 0) is 30.4 Å². The van der Waals surface area contributed by atoms with Crippen molar-refractivity contribution in [1.29, 1.82) is 0 Å². The molecule has 0 atom stereocenters. The Morgan fingerprint density at radius 3 is 2.42 bits per heavy atom. The molecule has 1 aliphatic heterocycles. The molecule has 0 spiro atoms. The van der Waals surface area contributed by atoms with E-state index in [0.29, 0.717) is 12.3 Å². The predicted octanol–water partition coefficient (Wildman–Crippen LogP) is 2.00. The van der Waals surface area contributed by atoms with Crippen LogP contribution in [0, 0.1) is 0 Å². The highest BCUT2D eigenvalue weighted by Crippen LogP contribution is 2.09. The molecule has 3 heteroatoms. The van der Waals surface area contributed by atoms with E-state index in [9.17, 15) is 4.79 Å². The van der Waals surface area contributed by atoms with Crippen molar-refractivity contribution in [3.05, 3.63) is 35.4 Å². The lowest BCUT2D eigenvalue weighted by Crippen LogP contribution is -2.46. The summed E-state index contributed by atoms with van der Waals surface area (Å²) in [6.07, 6.45) is 3.72. The molecule has 2 rings (SSSR count). The molecule has 0 aliphatic carbocycles. The monoisotopic (exact) mass is 260 g/mol. The number of hydrogen-bond acceptors (Lipinski definition) is 2. The summed E-state index contributed by atoms with van der Waals surface area (Å²) in [5.74, 6) is 0.312. The van der Waals surface area contributed by atoms with Gasteiger partial charge in [0.05, 0.1) is 0 Å². The largest absolute Gasteiger partial charge is 0.340 e. The molecule has 1 heterocycles. The minimum absolute atomic E-state index is 0.312. The van der Waals surface area contributed by atoms with Gasteiger partial charge < -0.3 is 10.2 Å². The van der Waals surface area contributed by atoms with Gasteiger partial charge in [0, 0.05) is 32.6 Å². The second-order valence-corrected chi connectivity index (χ2v) is 5.15. The fourth-order valence-corrected chi connectivity index (χ4v) is 2.46. The molecule has 104 valence electrons. The molecule has 0 unspecified atom stereocenters. The molecule has 1 amide bonds. The lowest BCUT2D eigenvalue weighted by Gasteiger charge is -2.27. The third-order valence-electron chi connectivity index (χ3n) is 3.76. The zero-order chi connectivity index (χ0) is 13.5. The fraction of sp³-hybridized carbons (Fsp3) is 0.562. The van der Waals surface area contributed by atoms with E-state index in [1.54, 1.807) is 0 Å². The smallest absolute Gasteiger partial charge is 0.222 e. The van der Waals surface area contributed by atoms with Gasteiger partial charge in [-0.2, -0.15) is 0 Å². The molecule has 1 N–H and O–H groups in total.